The van der Waals surface area contributed by atoms with Crippen molar-refractivity contribution in [2.45, 2.75) is 37.6 Å². The Balaban J connectivity index is 1.95. The number of aliphatic hydroxyl groups excluding tert-OH is 3. The Labute approximate surface area is 122 Å². The third-order valence-corrected chi connectivity index (χ3v) is 3.25. The van der Waals surface area contributed by atoms with E-state index in [2.05, 4.69) is 0 Å². The largest absolute Gasteiger partial charge is 0.430 e. The summed E-state index contributed by atoms with van der Waals surface area (Å²) in [6.45, 7) is 1.51. The van der Waals surface area contributed by atoms with Gasteiger partial charge in [0.25, 0.3) is 0 Å². The van der Waals surface area contributed by atoms with Crippen LogP contribution >= 0.6 is 0 Å². The first-order valence-electron chi connectivity index (χ1n) is 6.62. The van der Waals surface area contributed by atoms with E-state index < -0.39 is 36.7 Å². The second-order valence-electron chi connectivity index (χ2n) is 4.86. The van der Waals surface area contributed by atoms with E-state index in [-0.39, 0.29) is 0 Å². The zero-order valence-electron chi connectivity index (χ0n) is 11.5. The number of carbonyl (C=O) groups is 1. The van der Waals surface area contributed by atoms with E-state index in [4.69, 9.17) is 9.47 Å². The SMILES string of the molecule is C[C@H]1O[C@@H](OC(=O)C=Cc2ccccc2)[C@@H](O)[C@@H](O)[C@@H]1O. The second-order valence-corrected chi connectivity index (χ2v) is 4.86. The van der Waals surface area contributed by atoms with Crippen molar-refractivity contribution in [1.29, 1.82) is 0 Å². The lowest BCUT2D eigenvalue weighted by molar-refractivity contribution is -0.283. The average Bonchev–Trinajstić information content (AvgIpc) is 2.49. The lowest BCUT2D eigenvalue weighted by Crippen LogP contribution is -2.57. The first-order chi connectivity index (χ1) is 9.99. The summed E-state index contributed by atoms with van der Waals surface area (Å²) in [5.41, 5.74) is 0.823. The molecule has 0 unspecified atom stereocenters. The highest BCUT2D eigenvalue weighted by atomic mass is 16.7. The van der Waals surface area contributed by atoms with E-state index in [1.54, 1.807) is 6.08 Å². The van der Waals surface area contributed by atoms with E-state index in [1.807, 2.05) is 30.3 Å². The Morgan fingerprint density at radius 3 is 2.48 bits per heavy atom. The molecule has 0 aliphatic carbocycles. The quantitative estimate of drug-likeness (QED) is 0.539. The van der Waals surface area contributed by atoms with Crippen LogP contribution in [0.5, 0.6) is 0 Å². The molecule has 1 aliphatic heterocycles. The number of aliphatic hydroxyl groups is 3. The van der Waals surface area contributed by atoms with Gasteiger partial charge in [-0.1, -0.05) is 30.3 Å². The molecule has 0 spiro atoms. The summed E-state index contributed by atoms with van der Waals surface area (Å²) < 4.78 is 10.1. The molecule has 1 aromatic carbocycles. The van der Waals surface area contributed by atoms with Crippen molar-refractivity contribution < 1.29 is 29.6 Å². The van der Waals surface area contributed by atoms with E-state index in [9.17, 15) is 20.1 Å². The number of hydrogen-bond acceptors (Lipinski definition) is 6. The Morgan fingerprint density at radius 2 is 1.81 bits per heavy atom. The minimum Gasteiger partial charge on any atom is -0.430 e. The van der Waals surface area contributed by atoms with Crippen LogP contribution in [0.2, 0.25) is 0 Å². The van der Waals surface area contributed by atoms with E-state index in [0.717, 1.165) is 5.56 Å². The van der Waals surface area contributed by atoms with Crippen molar-refractivity contribution in [3.05, 3.63) is 42.0 Å². The summed E-state index contributed by atoms with van der Waals surface area (Å²) in [7, 11) is 0. The average molecular weight is 294 g/mol. The van der Waals surface area contributed by atoms with E-state index >= 15 is 0 Å². The van der Waals surface area contributed by atoms with Crippen molar-refractivity contribution in [3.63, 3.8) is 0 Å². The van der Waals surface area contributed by atoms with Crippen LogP contribution in [0.3, 0.4) is 0 Å². The van der Waals surface area contributed by atoms with Crippen molar-refractivity contribution >= 4 is 12.0 Å². The molecule has 1 aliphatic rings. The fourth-order valence-corrected chi connectivity index (χ4v) is 1.99. The predicted octanol–water partition coefficient (Wildman–Crippen LogP) is 0.0705. The van der Waals surface area contributed by atoms with Crippen molar-refractivity contribution in [2.24, 2.45) is 0 Å². The van der Waals surface area contributed by atoms with Crippen LogP contribution in [-0.2, 0) is 14.3 Å². The highest BCUT2D eigenvalue weighted by Gasteiger charge is 2.43. The van der Waals surface area contributed by atoms with Gasteiger partial charge in [-0.25, -0.2) is 4.79 Å². The number of carbonyl (C=O) groups excluding carboxylic acids is 1. The minimum absolute atomic E-state index is 0.710. The number of hydrogen-bond donors (Lipinski definition) is 3. The second kappa shape index (κ2) is 6.82. The summed E-state index contributed by atoms with van der Waals surface area (Å²) in [4.78, 5) is 11.7. The van der Waals surface area contributed by atoms with Gasteiger partial charge in [0.2, 0.25) is 6.29 Å². The fourth-order valence-electron chi connectivity index (χ4n) is 1.99. The van der Waals surface area contributed by atoms with Crippen LogP contribution in [0.25, 0.3) is 6.08 Å². The van der Waals surface area contributed by atoms with Crippen LogP contribution in [0, 0.1) is 0 Å². The molecule has 1 aromatic rings. The smallest absolute Gasteiger partial charge is 0.333 e. The Bertz CT molecular complexity index is 500. The maximum atomic E-state index is 11.7. The van der Waals surface area contributed by atoms with Gasteiger partial charge in [0.1, 0.15) is 18.3 Å². The van der Waals surface area contributed by atoms with Gasteiger partial charge in [-0.2, -0.15) is 0 Å². The van der Waals surface area contributed by atoms with Gasteiger partial charge >= 0.3 is 5.97 Å². The number of benzene rings is 1. The first kappa shape index (κ1) is 15.7. The molecule has 0 radical (unpaired) electrons. The standard InChI is InChI=1S/C15H18O6/c1-9-12(17)13(18)14(19)15(20-9)21-11(16)8-7-10-5-3-2-4-6-10/h2-9,12-15,17-19H,1H3/t9-,12-,13+,14+,15+/m1/s1. The van der Waals surface area contributed by atoms with Crippen LogP contribution in [0.4, 0.5) is 0 Å². The summed E-state index contributed by atoms with van der Waals surface area (Å²) >= 11 is 0. The monoisotopic (exact) mass is 294 g/mol. The maximum Gasteiger partial charge on any atom is 0.333 e. The van der Waals surface area contributed by atoms with E-state index in [1.165, 1.54) is 13.0 Å². The normalized spacial score (nSPS) is 33.0. The summed E-state index contributed by atoms with van der Waals surface area (Å²) in [5.74, 6) is -0.710. The van der Waals surface area contributed by atoms with Gasteiger partial charge in [-0.3, -0.25) is 0 Å². The molecule has 6 heteroatoms. The highest BCUT2D eigenvalue weighted by molar-refractivity contribution is 5.87. The molecule has 2 rings (SSSR count). The molecule has 0 saturated carbocycles. The van der Waals surface area contributed by atoms with Gasteiger partial charge in [0.05, 0.1) is 6.10 Å². The molecule has 0 bridgehead atoms. The number of ether oxygens (including phenoxy) is 2. The summed E-state index contributed by atoms with van der Waals surface area (Å²) in [6.07, 6.45) is -3.45. The number of esters is 1. The van der Waals surface area contributed by atoms with Crippen LogP contribution in [0.15, 0.2) is 36.4 Å². The molecule has 0 amide bonds. The van der Waals surface area contributed by atoms with Crippen molar-refractivity contribution in [2.75, 3.05) is 0 Å². The minimum atomic E-state index is -1.50. The lowest BCUT2D eigenvalue weighted by atomic mass is 10.0. The molecule has 6 nitrogen and oxygen atoms in total. The van der Waals surface area contributed by atoms with Gasteiger partial charge in [-0.05, 0) is 18.6 Å². The first-order valence-corrected chi connectivity index (χ1v) is 6.62. The molecule has 0 aromatic heterocycles. The topological polar surface area (TPSA) is 96.2 Å². The Morgan fingerprint density at radius 1 is 1.14 bits per heavy atom. The maximum absolute atomic E-state index is 11.7. The van der Waals surface area contributed by atoms with Crippen LogP contribution in [-0.4, -0.2) is 52.0 Å². The summed E-state index contributed by atoms with van der Waals surface area (Å²) in [5, 5.41) is 28.9. The van der Waals surface area contributed by atoms with Crippen LogP contribution in [0.1, 0.15) is 12.5 Å². The van der Waals surface area contributed by atoms with Gasteiger partial charge in [0.15, 0.2) is 0 Å². The zero-order chi connectivity index (χ0) is 15.4. The molecule has 1 fully saturated rings. The molecule has 21 heavy (non-hydrogen) atoms. The number of rotatable bonds is 3. The molecule has 3 N–H and O–H groups in total. The predicted molar refractivity (Wildman–Crippen MR) is 73.9 cm³/mol. The molecule has 1 saturated heterocycles. The van der Waals surface area contributed by atoms with Crippen molar-refractivity contribution in [3.8, 4) is 0 Å². The molecule has 5 atom stereocenters. The van der Waals surface area contributed by atoms with Gasteiger partial charge < -0.3 is 24.8 Å². The molecule has 1 heterocycles. The third kappa shape index (κ3) is 3.89. The molecular weight excluding hydrogens is 276 g/mol. The third-order valence-electron chi connectivity index (χ3n) is 3.25. The van der Waals surface area contributed by atoms with Crippen LogP contribution < -0.4 is 0 Å². The van der Waals surface area contributed by atoms with Gasteiger partial charge in [0, 0.05) is 6.08 Å². The summed E-state index contributed by atoms with van der Waals surface area (Å²) in [6, 6.07) is 9.16. The van der Waals surface area contributed by atoms with E-state index in [0.29, 0.717) is 0 Å². The Hall–Kier alpha value is -1.73. The van der Waals surface area contributed by atoms with Crippen molar-refractivity contribution in [1.82, 2.24) is 0 Å². The zero-order valence-corrected chi connectivity index (χ0v) is 11.5. The Kier molecular flexibility index (Phi) is 5.08. The molecule has 114 valence electrons. The lowest BCUT2D eigenvalue weighted by Gasteiger charge is -2.38. The highest BCUT2D eigenvalue weighted by Crippen LogP contribution is 2.21. The van der Waals surface area contributed by atoms with Gasteiger partial charge in [-0.15, -0.1) is 0 Å². The fraction of sp³-hybridized carbons (Fsp3) is 0.400. The molecular formula is C15H18O6.